The molecule has 1 amide bonds. The molecular weight excluding hydrogens is 266 g/mol. The largest absolute Gasteiger partial charge is 0.438 e. The van der Waals surface area contributed by atoms with E-state index >= 15 is 0 Å². The molecule has 1 unspecified atom stereocenters. The van der Waals surface area contributed by atoms with Crippen molar-refractivity contribution in [2.24, 2.45) is 17.6 Å². The number of rotatable bonds is 5. The van der Waals surface area contributed by atoms with Crippen molar-refractivity contribution in [1.29, 1.82) is 0 Å². The quantitative estimate of drug-likeness (QED) is 0.845. The Bertz CT molecular complexity index is 480. The van der Waals surface area contributed by atoms with Crippen LogP contribution in [0.25, 0.3) is 0 Å². The topological polar surface area (TPSA) is 69.4 Å². The van der Waals surface area contributed by atoms with Gasteiger partial charge >= 0.3 is 6.09 Å². The minimum absolute atomic E-state index is 0.232. The Labute approximate surface area is 125 Å². The Morgan fingerprint density at radius 1 is 1.29 bits per heavy atom. The van der Waals surface area contributed by atoms with Crippen LogP contribution in [-0.2, 0) is 15.1 Å². The molecule has 1 aliphatic carbocycles. The van der Waals surface area contributed by atoms with Gasteiger partial charge in [0, 0.05) is 12.3 Å². The number of carbonyl (C=O) groups excluding carboxylic acids is 2. The fourth-order valence-electron chi connectivity index (χ4n) is 3.44. The van der Waals surface area contributed by atoms with E-state index in [1.165, 1.54) is 0 Å². The fraction of sp³-hybridized carbons (Fsp3) is 0.529. The summed E-state index contributed by atoms with van der Waals surface area (Å²) in [5, 5.41) is 0. The number of hydrogen-bond acceptors (Lipinski definition) is 3. The van der Waals surface area contributed by atoms with Crippen molar-refractivity contribution in [2.75, 3.05) is 0 Å². The van der Waals surface area contributed by atoms with E-state index in [0.717, 1.165) is 37.5 Å². The molecule has 1 aromatic rings. The van der Waals surface area contributed by atoms with E-state index < -0.39 is 11.7 Å². The van der Waals surface area contributed by atoms with Crippen LogP contribution < -0.4 is 5.73 Å². The van der Waals surface area contributed by atoms with Crippen molar-refractivity contribution in [3.8, 4) is 0 Å². The Balaban J connectivity index is 2.17. The van der Waals surface area contributed by atoms with Crippen molar-refractivity contribution in [2.45, 2.75) is 44.6 Å². The molecule has 0 aliphatic heterocycles. The zero-order valence-corrected chi connectivity index (χ0v) is 12.5. The molecule has 2 N–H and O–H groups in total. The fourth-order valence-corrected chi connectivity index (χ4v) is 3.44. The number of amides is 1. The average molecular weight is 289 g/mol. The maximum Gasteiger partial charge on any atom is 0.405 e. The van der Waals surface area contributed by atoms with E-state index in [-0.39, 0.29) is 5.92 Å². The van der Waals surface area contributed by atoms with Gasteiger partial charge in [-0.05, 0) is 44.1 Å². The molecule has 21 heavy (non-hydrogen) atoms. The third-order valence-electron chi connectivity index (χ3n) is 4.71. The molecule has 0 saturated heterocycles. The summed E-state index contributed by atoms with van der Waals surface area (Å²) >= 11 is 0. The summed E-state index contributed by atoms with van der Waals surface area (Å²) in [5.41, 5.74) is 5.57. The highest BCUT2D eigenvalue weighted by Crippen LogP contribution is 2.43. The first kappa shape index (κ1) is 15.5. The minimum atomic E-state index is -0.739. The maximum atomic E-state index is 11.4. The lowest BCUT2D eigenvalue weighted by Gasteiger charge is -2.40. The first-order valence-electron chi connectivity index (χ1n) is 7.54. The third kappa shape index (κ3) is 3.63. The Kier molecular flexibility index (Phi) is 4.99. The summed E-state index contributed by atoms with van der Waals surface area (Å²) < 4.78 is 5.53. The normalized spacial score (nSPS) is 24.8. The summed E-state index contributed by atoms with van der Waals surface area (Å²) in [6.45, 7) is 1.94. The monoisotopic (exact) mass is 289 g/mol. The lowest BCUT2D eigenvalue weighted by molar-refractivity contribution is -0.109. The van der Waals surface area contributed by atoms with Gasteiger partial charge in [0.1, 0.15) is 11.9 Å². The van der Waals surface area contributed by atoms with Crippen LogP contribution in [0.15, 0.2) is 30.3 Å². The SMILES string of the molecule is CC(OC(N)=O)(c1ccccc1)[C@H]1CC[C@H](CC=O)CC1. The smallest absolute Gasteiger partial charge is 0.405 e. The highest BCUT2D eigenvalue weighted by Gasteiger charge is 2.41. The van der Waals surface area contributed by atoms with E-state index in [1.54, 1.807) is 0 Å². The second-order valence-electron chi connectivity index (χ2n) is 6.01. The average Bonchev–Trinajstić information content (AvgIpc) is 2.48. The predicted octanol–water partition coefficient (Wildman–Crippen LogP) is 3.39. The zero-order valence-electron chi connectivity index (χ0n) is 12.5. The summed E-state index contributed by atoms with van der Waals surface area (Å²) in [5.74, 6) is 0.697. The van der Waals surface area contributed by atoms with Gasteiger partial charge in [-0.2, -0.15) is 0 Å². The van der Waals surface area contributed by atoms with Crippen LogP contribution >= 0.6 is 0 Å². The van der Waals surface area contributed by atoms with Gasteiger partial charge in [0.05, 0.1) is 0 Å². The van der Waals surface area contributed by atoms with Gasteiger partial charge in [0.15, 0.2) is 0 Å². The predicted molar refractivity (Wildman–Crippen MR) is 80.6 cm³/mol. The van der Waals surface area contributed by atoms with Crippen LogP contribution in [0.3, 0.4) is 0 Å². The maximum absolute atomic E-state index is 11.4. The summed E-state index contributed by atoms with van der Waals surface area (Å²) in [6, 6.07) is 9.77. The lowest BCUT2D eigenvalue weighted by atomic mass is 9.71. The lowest BCUT2D eigenvalue weighted by Crippen LogP contribution is -2.40. The number of aldehydes is 1. The molecule has 2 rings (SSSR count). The molecule has 0 spiro atoms. The Hall–Kier alpha value is -1.84. The van der Waals surface area contributed by atoms with E-state index in [2.05, 4.69) is 0 Å². The second kappa shape index (κ2) is 6.74. The van der Waals surface area contributed by atoms with Gasteiger partial charge in [0.2, 0.25) is 0 Å². The Morgan fingerprint density at radius 3 is 2.43 bits per heavy atom. The molecule has 114 valence electrons. The van der Waals surface area contributed by atoms with E-state index in [4.69, 9.17) is 10.5 Å². The van der Waals surface area contributed by atoms with Crippen LogP contribution in [0.4, 0.5) is 4.79 Å². The van der Waals surface area contributed by atoms with Crippen molar-refractivity contribution in [3.63, 3.8) is 0 Å². The molecule has 1 saturated carbocycles. The standard InChI is InChI=1S/C17H23NO3/c1-17(21-16(18)20,14-5-3-2-4-6-14)15-9-7-13(8-10-15)11-12-19/h2-6,12-13,15H,7-11H2,1H3,(H2,18,20)/t13-,15-,17?. The van der Waals surface area contributed by atoms with Gasteiger partial charge in [-0.1, -0.05) is 30.3 Å². The van der Waals surface area contributed by atoms with Gasteiger partial charge in [0.25, 0.3) is 0 Å². The molecule has 4 heteroatoms. The molecule has 0 heterocycles. The summed E-state index contributed by atoms with van der Waals surface area (Å²) in [6.07, 6.45) is 4.76. The molecule has 1 aromatic carbocycles. The number of benzene rings is 1. The molecule has 0 radical (unpaired) electrons. The number of primary amides is 1. The van der Waals surface area contributed by atoms with Crippen molar-refractivity contribution in [1.82, 2.24) is 0 Å². The van der Waals surface area contributed by atoms with Gasteiger partial charge in [-0.3, -0.25) is 0 Å². The molecule has 1 atom stereocenters. The van der Waals surface area contributed by atoms with Gasteiger partial charge in [-0.25, -0.2) is 4.79 Å². The third-order valence-corrected chi connectivity index (χ3v) is 4.71. The first-order valence-corrected chi connectivity index (χ1v) is 7.54. The highest BCUT2D eigenvalue weighted by molar-refractivity contribution is 5.65. The molecule has 1 fully saturated rings. The molecule has 0 bridgehead atoms. The number of ether oxygens (including phenoxy) is 1. The van der Waals surface area contributed by atoms with E-state index in [0.29, 0.717) is 12.3 Å². The number of carbonyl (C=O) groups is 2. The molecule has 0 aromatic heterocycles. The first-order chi connectivity index (χ1) is 10.1. The summed E-state index contributed by atoms with van der Waals surface area (Å²) in [7, 11) is 0. The van der Waals surface area contributed by atoms with E-state index in [9.17, 15) is 9.59 Å². The van der Waals surface area contributed by atoms with E-state index in [1.807, 2.05) is 37.3 Å². The number of hydrogen-bond donors (Lipinski definition) is 1. The second-order valence-corrected chi connectivity index (χ2v) is 6.01. The van der Waals surface area contributed by atoms with Crippen molar-refractivity contribution in [3.05, 3.63) is 35.9 Å². The zero-order chi connectivity index (χ0) is 15.3. The Morgan fingerprint density at radius 2 is 1.90 bits per heavy atom. The summed E-state index contributed by atoms with van der Waals surface area (Å²) in [4.78, 5) is 22.0. The van der Waals surface area contributed by atoms with Crippen LogP contribution in [0.5, 0.6) is 0 Å². The minimum Gasteiger partial charge on any atom is -0.438 e. The van der Waals surface area contributed by atoms with Crippen LogP contribution in [-0.4, -0.2) is 12.4 Å². The van der Waals surface area contributed by atoms with Gasteiger partial charge in [-0.15, -0.1) is 0 Å². The molecule has 4 nitrogen and oxygen atoms in total. The van der Waals surface area contributed by atoms with Crippen LogP contribution in [0, 0.1) is 11.8 Å². The number of nitrogens with two attached hydrogens (primary N) is 1. The van der Waals surface area contributed by atoms with Crippen molar-refractivity contribution >= 4 is 12.4 Å². The molecular formula is C17H23NO3. The molecule has 1 aliphatic rings. The van der Waals surface area contributed by atoms with Crippen LogP contribution in [0.2, 0.25) is 0 Å². The van der Waals surface area contributed by atoms with Gasteiger partial charge < -0.3 is 15.3 Å². The van der Waals surface area contributed by atoms with Crippen LogP contribution in [0.1, 0.15) is 44.6 Å². The van der Waals surface area contributed by atoms with Crippen molar-refractivity contribution < 1.29 is 14.3 Å². The highest BCUT2D eigenvalue weighted by atomic mass is 16.6.